The van der Waals surface area contributed by atoms with Gasteiger partial charge < -0.3 is 9.47 Å². The number of carbonyl (C=O) groups is 2. The summed E-state index contributed by atoms with van der Waals surface area (Å²) in [7, 11) is 0. The van der Waals surface area contributed by atoms with E-state index < -0.39 is 0 Å². The van der Waals surface area contributed by atoms with E-state index in [4.69, 9.17) is 9.47 Å². The number of hydrogen-bond donors (Lipinski definition) is 0. The van der Waals surface area contributed by atoms with Crippen molar-refractivity contribution in [3.63, 3.8) is 0 Å². The van der Waals surface area contributed by atoms with E-state index in [9.17, 15) is 9.59 Å². The molecule has 4 heteroatoms. The second-order valence-corrected chi connectivity index (χ2v) is 8.69. The molecule has 0 N–H and O–H groups in total. The maximum absolute atomic E-state index is 12.5. The van der Waals surface area contributed by atoms with Crippen molar-refractivity contribution in [2.75, 3.05) is 6.61 Å². The summed E-state index contributed by atoms with van der Waals surface area (Å²) in [5.41, 5.74) is 3.08. The van der Waals surface area contributed by atoms with E-state index >= 15 is 0 Å². The summed E-state index contributed by atoms with van der Waals surface area (Å²) in [6, 6.07) is 9.02. The van der Waals surface area contributed by atoms with Crippen molar-refractivity contribution < 1.29 is 19.1 Å². The first-order valence-corrected chi connectivity index (χ1v) is 12.1. The van der Waals surface area contributed by atoms with E-state index in [1.165, 1.54) is 30.4 Å². The molecule has 1 atom stereocenters. The SMILES string of the molecule is CCCCCCCC(CCC(=O)OC/C=C(\C)CCC=C(C)C)OC(=O)c1ccccc1. The topological polar surface area (TPSA) is 52.6 Å². The summed E-state index contributed by atoms with van der Waals surface area (Å²) >= 11 is 0. The number of carbonyl (C=O) groups excluding carboxylic acids is 2. The molecule has 0 aromatic heterocycles. The summed E-state index contributed by atoms with van der Waals surface area (Å²) in [4.78, 5) is 24.7. The van der Waals surface area contributed by atoms with Crippen molar-refractivity contribution in [3.8, 4) is 0 Å². The van der Waals surface area contributed by atoms with Gasteiger partial charge in [0.25, 0.3) is 0 Å². The summed E-state index contributed by atoms with van der Waals surface area (Å²) in [5.74, 6) is -0.572. The molecule has 1 aromatic carbocycles. The molecular weight excluding hydrogens is 400 g/mol. The highest BCUT2D eigenvalue weighted by molar-refractivity contribution is 5.89. The monoisotopic (exact) mass is 442 g/mol. The van der Waals surface area contributed by atoms with Crippen LogP contribution in [0.25, 0.3) is 0 Å². The van der Waals surface area contributed by atoms with Gasteiger partial charge in [-0.25, -0.2) is 4.79 Å². The molecule has 0 spiro atoms. The van der Waals surface area contributed by atoms with Gasteiger partial charge in [-0.05, 0) is 71.1 Å². The van der Waals surface area contributed by atoms with Crippen LogP contribution in [0.3, 0.4) is 0 Å². The molecular formula is C28H42O4. The van der Waals surface area contributed by atoms with Gasteiger partial charge in [-0.3, -0.25) is 4.79 Å². The van der Waals surface area contributed by atoms with E-state index in [1.807, 2.05) is 24.3 Å². The van der Waals surface area contributed by atoms with Crippen molar-refractivity contribution in [1.29, 1.82) is 0 Å². The highest BCUT2D eigenvalue weighted by atomic mass is 16.5. The number of hydrogen-bond acceptors (Lipinski definition) is 4. The molecule has 0 aliphatic rings. The third kappa shape index (κ3) is 13.8. The van der Waals surface area contributed by atoms with Gasteiger partial charge in [0, 0.05) is 6.42 Å². The molecule has 4 nitrogen and oxygen atoms in total. The summed E-state index contributed by atoms with van der Waals surface area (Å²) in [6.07, 6.45) is 13.1. The van der Waals surface area contributed by atoms with Gasteiger partial charge in [0.2, 0.25) is 0 Å². The smallest absolute Gasteiger partial charge is 0.338 e. The van der Waals surface area contributed by atoms with Crippen molar-refractivity contribution in [2.24, 2.45) is 0 Å². The Morgan fingerprint density at radius 2 is 1.62 bits per heavy atom. The van der Waals surface area contributed by atoms with Crippen molar-refractivity contribution in [1.82, 2.24) is 0 Å². The van der Waals surface area contributed by atoms with E-state index in [1.54, 1.807) is 12.1 Å². The standard InChI is InChI=1S/C28H42O4/c1-5-6-7-8-12-18-26(32-28(30)25-16-10-9-11-17-25)19-20-27(29)31-22-21-24(4)15-13-14-23(2)3/h9-11,14,16-17,21,26H,5-8,12-13,15,18-20,22H2,1-4H3/b24-21+. The van der Waals surface area contributed by atoms with E-state index in [0.29, 0.717) is 18.6 Å². The largest absolute Gasteiger partial charge is 0.461 e. The van der Waals surface area contributed by atoms with Crippen LogP contribution in [-0.4, -0.2) is 24.6 Å². The van der Waals surface area contributed by atoms with E-state index in [-0.39, 0.29) is 24.5 Å². The van der Waals surface area contributed by atoms with Gasteiger partial charge in [0.05, 0.1) is 5.56 Å². The molecule has 1 rings (SSSR count). The van der Waals surface area contributed by atoms with Crippen molar-refractivity contribution >= 4 is 11.9 Å². The molecule has 0 fully saturated rings. The fourth-order valence-corrected chi connectivity index (χ4v) is 3.35. The average Bonchev–Trinajstić information content (AvgIpc) is 2.77. The fourth-order valence-electron chi connectivity index (χ4n) is 3.35. The first-order valence-electron chi connectivity index (χ1n) is 12.1. The highest BCUT2D eigenvalue weighted by Crippen LogP contribution is 2.16. The molecule has 0 amide bonds. The molecule has 0 aliphatic carbocycles. The maximum Gasteiger partial charge on any atom is 0.338 e. The molecule has 0 radical (unpaired) electrons. The van der Waals surface area contributed by atoms with Gasteiger partial charge >= 0.3 is 11.9 Å². The first-order chi connectivity index (χ1) is 15.4. The summed E-state index contributed by atoms with van der Waals surface area (Å²) < 4.78 is 11.1. The molecule has 0 bridgehead atoms. The quantitative estimate of drug-likeness (QED) is 0.150. The van der Waals surface area contributed by atoms with Crippen LogP contribution in [0.4, 0.5) is 0 Å². The molecule has 1 aromatic rings. The summed E-state index contributed by atoms with van der Waals surface area (Å²) in [5, 5.41) is 0. The minimum Gasteiger partial charge on any atom is -0.461 e. The lowest BCUT2D eigenvalue weighted by molar-refractivity contribution is -0.143. The van der Waals surface area contributed by atoms with Crippen LogP contribution in [0.5, 0.6) is 0 Å². The Morgan fingerprint density at radius 1 is 0.906 bits per heavy atom. The number of unbranched alkanes of at least 4 members (excludes halogenated alkanes) is 4. The number of esters is 2. The molecule has 178 valence electrons. The normalized spacial score (nSPS) is 12.2. The number of benzene rings is 1. The molecule has 1 unspecified atom stereocenters. The Kier molecular flexibility index (Phi) is 14.9. The van der Waals surface area contributed by atoms with Gasteiger partial charge in [-0.2, -0.15) is 0 Å². The lowest BCUT2D eigenvalue weighted by Crippen LogP contribution is -2.20. The van der Waals surface area contributed by atoms with E-state index in [2.05, 4.69) is 33.8 Å². The second-order valence-electron chi connectivity index (χ2n) is 8.69. The lowest BCUT2D eigenvalue weighted by atomic mass is 10.0. The van der Waals surface area contributed by atoms with Gasteiger partial charge in [0.1, 0.15) is 12.7 Å². The minimum atomic E-state index is -0.326. The third-order valence-electron chi connectivity index (χ3n) is 5.35. The minimum absolute atomic E-state index is 0.245. The fraction of sp³-hybridized carbons (Fsp3) is 0.571. The second kappa shape index (κ2) is 17.2. The van der Waals surface area contributed by atoms with Crippen LogP contribution in [0.1, 0.15) is 102 Å². The molecule has 0 saturated carbocycles. The zero-order valence-corrected chi connectivity index (χ0v) is 20.5. The number of ether oxygens (including phenoxy) is 2. The Balaban J connectivity index is 2.46. The van der Waals surface area contributed by atoms with Gasteiger partial charge in [0.15, 0.2) is 0 Å². The lowest BCUT2D eigenvalue weighted by Gasteiger charge is -2.18. The Morgan fingerprint density at radius 3 is 2.31 bits per heavy atom. The van der Waals surface area contributed by atoms with Crippen LogP contribution >= 0.6 is 0 Å². The molecule has 0 heterocycles. The van der Waals surface area contributed by atoms with Crippen molar-refractivity contribution in [3.05, 3.63) is 59.2 Å². The Bertz CT molecular complexity index is 714. The van der Waals surface area contributed by atoms with Gasteiger partial charge in [-0.1, -0.05) is 68.0 Å². The predicted octanol–water partition coefficient (Wildman–Crippen LogP) is 7.59. The first kappa shape index (κ1) is 27.7. The molecule has 32 heavy (non-hydrogen) atoms. The number of rotatable bonds is 16. The molecule has 0 aliphatic heterocycles. The van der Waals surface area contributed by atoms with Crippen LogP contribution in [0, 0.1) is 0 Å². The Hall–Kier alpha value is -2.36. The number of allylic oxidation sites excluding steroid dienone is 3. The van der Waals surface area contributed by atoms with Crippen LogP contribution in [-0.2, 0) is 14.3 Å². The van der Waals surface area contributed by atoms with Crippen LogP contribution < -0.4 is 0 Å². The zero-order chi connectivity index (χ0) is 23.6. The van der Waals surface area contributed by atoms with Crippen molar-refractivity contribution in [2.45, 2.75) is 98.0 Å². The average molecular weight is 443 g/mol. The predicted molar refractivity (Wildman–Crippen MR) is 132 cm³/mol. The maximum atomic E-state index is 12.5. The van der Waals surface area contributed by atoms with Crippen LogP contribution in [0.15, 0.2) is 53.6 Å². The Labute approximate surface area is 195 Å². The zero-order valence-electron chi connectivity index (χ0n) is 20.5. The third-order valence-corrected chi connectivity index (χ3v) is 5.35. The highest BCUT2D eigenvalue weighted by Gasteiger charge is 2.17. The van der Waals surface area contributed by atoms with Gasteiger partial charge in [-0.15, -0.1) is 0 Å². The van der Waals surface area contributed by atoms with E-state index in [0.717, 1.165) is 32.1 Å². The molecule has 0 saturated heterocycles. The van der Waals surface area contributed by atoms with Crippen LogP contribution in [0.2, 0.25) is 0 Å². The summed E-state index contributed by atoms with van der Waals surface area (Å²) in [6.45, 7) is 8.73.